The molecule has 1 aliphatic rings. The molecule has 2 aromatic rings. The molecule has 0 aliphatic carbocycles. The fourth-order valence-corrected chi connectivity index (χ4v) is 4.89. The molecule has 1 saturated heterocycles. The number of hydrogen-bond donors (Lipinski definition) is 2. The first-order valence-electron chi connectivity index (χ1n) is 11.4. The molecular weight excluding hydrogens is 438 g/mol. The van der Waals surface area contributed by atoms with E-state index in [-0.39, 0.29) is 17.3 Å². The smallest absolute Gasteiger partial charge is 0.241 e. The third-order valence-corrected chi connectivity index (χ3v) is 7.54. The summed E-state index contributed by atoms with van der Waals surface area (Å²) in [5, 5.41) is 2.52. The SMILES string of the molecule is Cc1ccc(CCC2CCN(C(=O)CNC(=O)CNS(=O)(=O)c3ccc(C)cc3)CC2)cc1. The largest absolute Gasteiger partial charge is 0.346 e. The number of hydrogen-bond acceptors (Lipinski definition) is 4. The van der Waals surface area contributed by atoms with Crippen LogP contribution in [0, 0.1) is 19.8 Å². The average molecular weight is 472 g/mol. The molecule has 2 N–H and O–H groups in total. The first kappa shape index (κ1) is 24.9. The monoisotopic (exact) mass is 471 g/mol. The highest BCUT2D eigenvalue weighted by molar-refractivity contribution is 7.89. The van der Waals surface area contributed by atoms with E-state index >= 15 is 0 Å². The van der Waals surface area contributed by atoms with Crippen LogP contribution < -0.4 is 10.0 Å². The van der Waals surface area contributed by atoms with Gasteiger partial charge in [0.2, 0.25) is 21.8 Å². The van der Waals surface area contributed by atoms with Gasteiger partial charge in [0, 0.05) is 13.1 Å². The molecule has 0 aromatic heterocycles. The molecule has 0 unspecified atom stereocenters. The molecule has 33 heavy (non-hydrogen) atoms. The summed E-state index contributed by atoms with van der Waals surface area (Å²) in [6.07, 6.45) is 4.08. The van der Waals surface area contributed by atoms with Crippen molar-refractivity contribution < 1.29 is 18.0 Å². The number of piperidine rings is 1. The quantitative estimate of drug-likeness (QED) is 0.588. The van der Waals surface area contributed by atoms with Crippen LogP contribution in [0.25, 0.3) is 0 Å². The van der Waals surface area contributed by atoms with E-state index in [1.807, 2.05) is 6.92 Å². The van der Waals surface area contributed by atoms with Gasteiger partial charge in [0.1, 0.15) is 0 Å². The van der Waals surface area contributed by atoms with Crippen LogP contribution in [-0.2, 0) is 26.0 Å². The number of aryl methyl sites for hydroxylation is 3. The van der Waals surface area contributed by atoms with Gasteiger partial charge in [0.05, 0.1) is 18.0 Å². The Morgan fingerprint density at radius 1 is 0.909 bits per heavy atom. The molecule has 2 aromatic carbocycles. The Kier molecular flexibility index (Phi) is 8.63. The standard InChI is InChI=1S/C25H33N3O4S/c1-19-3-7-21(8-4-19)9-10-22-13-15-28(16-14-22)25(30)18-26-24(29)17-27-33(31,32)23-11-5-20(2)6-12-23/h3-8,11-12,22,27H,9-10,13-18H2,1-2H3,(H,26,29). The summed E-state index contributed by atoms with van der Waals surface area (Å²) in [5.74, 6) is -0.0742. The third kappa shape index (κ3) is 7.68. The van der Waals surface area contributed by atoms with Crippen molar-refractivity contribution >= 4 is 21.8 Å². The normalized spacial score (nSPS) is 14.8. The van der Waals surface area contributed by atoms with Crippen molar-refractivity contribution in [1.29, 1.82) is 0 Å². The predicted molar refractivity (Wildman–Crippen MR) is 128 cm³/mol. The van der Waals surface area contributed by atoms with Crippen molar-refractivity contribution in [3.05, 3.63) is 65.2 Å². The topological polar surface area (TPSA) is 95.6 Å². The lowest BCUT2D eigenvalue weighted by atomic mass is 9.90. The molecule has 8 heteroatoms. The lowest BCUT2D eigenvalue weighted by Gasteiger charge is -2.32. The zero-order valence-corrected chi connectivity index (χ0v) is 20.2. The van der Waals surface area contributed by atoms with Crippen molar-refractivity contribution in [1.82, 2.24) is 14.9 Å². The number of amides is 2. The van der Waals surface area contributed by atoms with E-state index in [9.17, 15) is 18.0 Å². The lowest BCUT2D eigenvalue weighted by Crippen LogP contribution is -2.46. The number of carbonyl (C=O) groups is 2. The van der Waals surface area contributed by atoms with Gasteiger partial charge in [-0.2, -0.15) is 0 Å². The number of nitrogens with zero attached hydrogens (tertiary/aromatic N) is 1. The minimum absolute atomic E-state index is 0.0993. The number of nitrogens with one attached hydrogen (secondary N) is 2. The highest BCUT2D eigenvalue weighted by Gasteiger charge is 2.23. The van der Waals surface area contributed by atoms with Crippen molar-refractivity contribution in [3.8, 4) is 0 Å². The fraction of sp³-hybridized carbons (Fsp3) is 0.440. The molecule has 1 aliphatic heterocycles. The van der Waals surface area contributed by atoms with Crippen LogP contribution in [0.2, 0.25) is 0 Å². The Bertz CT molecular complexity index is 1040. The van der Waals surface area contributed by atoms with Crippen LogP contribution in [0.4, 0.5) is 0 Å². The third-order valence-electron chi connectivity index (χ3n) is 6.12. The highest BCUT2D eigenvalue weighted by Crippen LogP contribution is 2.22. The van der Waals surface area contributed by atoms with E-state index in [4.69, 9.17) is 0 Å². The van der Waals surface area contributed by atoms with Gasteiger partial charge in [0.15, 0.2) is 0 Å². The molecule has 178 valence electrons. The summed E-state index contributed by atoms with van der Waals surface area (Å²) in [4.78, 5) is 26.4. The summed E-state index contributed by atoms with van der Waals surface area (Å²) >= 11 is 0. The van der Waals surface area contributed by atoms with Crippen LogP contribution in [0.3, 0.4) is 0 Å². The number of benzene rings is 2. The second-order valence-electron chi connectivity index (χ2n) is 8.76. The van der Waals surface area contributed by atoms with E-state index < -0.39 is 22.5 Å². The second-order valence-corrected chi connectivity index (χ2v) is 10.5. The minimum atomic E-state index is -3.77. The minimum Gasteiger partial charge on any atom is -0.346 e. The molecule has 0 radical (unpaired) electrons. The first-order chi connectivity index (χ1) is 15.7. The highest BCUT2D eigenvalue weighted by atomic mass is 32.2. The number of carbonyl (C=O) groups excluding carboxylic acids is 2. The fourth-order valence-electron chi connectivity index (χ4n) is 3.91. The predicted octanol–water partition coefficient (Wildman–Crippen LogP) is 2.57. The van der Waals surface area contributed by atoms with Crippen LogP contribution in [0.15, 0.2) is 53.4 Å². The second kappa shape index (κ2) is 11.4. The summed E-state index contributed by atoms with van der Waals surface area (Å²) in [5.41, 5.74) is 3.56. The van der Waals surface area contributed by atoms with Crippen molar-refractivity contribution in [3.63, 3.8) is 0 Å². The van der Waals surface area contributed by atoms with Gasteiger partial charge in [-0.3, -0.25) is 9.59 Å². The lowest BCUT2D eigenvalue weighted by molar-refractivity contribution is -0.133. The van der Waals surface area contributed by atoms with Gasteiger partial charge in [-0.15, -0.1) is 0 Å². The molecule has 0 saturated carbocycles. The Balaban J connectivity index is 1.34. The summed E-state index contributed by atoms with van der Waals surface area (Å²) in [6.45, 7) is 4.79. The van der Waals surface area contributed by atoms with Gasteiger partial charge in [-0.05, 0) is 63.1 Å². The molecule has 2 amide bonds. The van der Waals surface area contributed by atoms with Crippen molar-refractivity contribution in [2.75, 3.05) is 26.2 Å². The summed E-state index contributed by atoms with van der Waals surface area (Å²) < 4.78 is 26.8. The van der Waals surface area contributed by atoms with Crippen molar-refractivity contribution in [2.45, 2.75) is 44.4 Å². The number of rotatable bonds is 9. The number of likely N-dealkylation sites (tertiary alicyclic amines) is 1. The maximum atomic E-state index is 12.4. The van der Waals surface area contributed by atoms with Crippen LogP contribution in [0.5, 0.6) is 0 Å². The molecule has 7 nitrogen and oxygen atoms in total. The van der Waals surface area contributed by atoms with Crippen molar-refractivity contribution in [2.24, 2.45) is 5.92 Å². The van der Waals surface area contributed by atoms with Gasteiger partial charge < -0.3 is 10.2 Å². The molecule has 1 fully saturated rings. The molecule has 0 atom stereocenters. The maximum Gasteiger partial charge on any atom is 0.241 e. The zero-order chi connectivity index (χ0) is 23.8. The van der Waals surface area contributed by atoms with E-state index in [0.717, 1.165) is 31.2 Å². The van der Waals surface area contributed by atoms with E-state index in [0.29, 0.717) is 19.0 Å². The van der Waals surface area contributed by atoms with Gasteiger partial charge >= 0.3 is 0 Å². The van der Waals surface area contributed by atoms with E-state index in [1.54, 1.807) is 17.0 Å². The Morgan fingerprint density at radius 3 is 2.09 bits per heavy atom. The average Bonchev–Trinajstić information content (AvgIpc) is 2.81. The molecule has 0 bridgehead atoms. The van der Waals surface area contributed by atoms with E-state index in [2.05, 4.69) is 41.2 Å². The molecule has 1 heterocycles. The van der Waals surface area contributed by atoms with Crippen LogP contribution in [0.1, 0.15) is 36.0 Å². The first-order valence-corrected chi connectivity index (χ1v) is 12.9. The van der Waals surface area contributed by atoms with Crippen LogP contribution in [-0.4, -0.2) is 51.3 Å². The van der Waals surface area contributed by atoms with Gasteiger partial charge in [-0.25, -0.2) is 13.1 Å². The van der Waals surface area contributed by atoms with Gasteiger partial charge in [0.25, 0.3) is 0 Å². The number of sulfonamides is 1. The Morgan fingerprint density at radius 2 is 1.48 bits per heavy atom. The molecular formula is C25H33N3O4S. The van der Waals surface area contributed by atoms with Crippen LogP contribution >= 0.6 is 0 Å². The van der Waals surface area contributed by atoms with Gasteiger partial charge in [-0.1, -0.05) is 47.5 Å². The van der Waals surface area contributed by atoms with E-state index in [1.165, 1.54) is 23.3 Å². The Labute approximate surface area is 196 Å². The molecule has 0 spiro atoms. The summed E-state index contributed by atoms with van der Waals surface area (Å²) in [6, 6.07) is 15.0. The molecule has 3 rings (SSSR count). The maximum absolute atomic E-state index is 12.4. The Hall–Kier alpha value is -2.71. The zero-order valence-electron chi connectivity index (χ0n) is 19.3. The summed E-state index contributed by atoms with van der Waals surface area (Å²) in [7, 11) is -3.77.